The third-order valence-electron chi connectivity index (χ3n) is 2.98. The van der Waals surface area contributed by atoms with Crippen molar-refractivity contribution in [2.75, 3.05) is 5.32 Å². The first-order valence-electron chi connectivity index (χ1n) is 5.48. The Hall–Kier alpha value is -2.17. The van der Waals surface area contributed by atoms with Gasteiger partial charge in [-0.05, 0) is 19.1 Å². The molecule has 0 spiro atoms. The Morgan fingerprint density at radius 1 is 1.35 bits per heavy atom. The SMILES string of the molecule is CC1CC(=O)Nc2nc3ccccc3c(=O)n21. The zero-order valence-corrected chi connectivity index (χ0v) is 9.30. The zero-order valence-electron chi connectivity index (χ0n) is 9.30. The third-order valence-corrected chi connectivity index (χ3v) is 2.98. The molecular weight excluding hydrogens is 218 g/mol. The first-order chi connectivity index (χ1) is 8.16. The van der Waals surface area contributed by atoms with Crippen LogP contribution in [0, 0.1) is 0 Å². The van der Waals surface area contributed by atoms with Crippen molar-refractivity contribution in [3.8, 4) is 0 Å². The molecule has 17 heavy (non-hydrogen) atoms. The van der Waals surface area contributed by atoms with Crippen LogP contribution in [0.25, 0.3) is 10.9 Å². The molecule has 1 aromatic heterocycles. The van der Waals surface area contributed by atoms with Gasteiger partial charge < -0.3 is 0 Å². The van der Waals surface area contributed by atoms with Crippen molar-refractivity contribution in [1.82, 2.24) is 9.55 Å². The van der Waals surface area contributed by atoms with Gasteiger partial charge in [0.05, 0.1) is 10.9 Å². The number of benzene rings is 1. The highest BCUT2D eigenvalue weighted by Crippen LogP contribution is 2.21. The summed E-state index contributed by atoms with van der Waals surface area (Å²) in [6.45, 7) is 1.85. The van der Waals surface area contributed by atoms with E-state index in [-0.39, 0.29) is 17.5 Å². The number of carbonyl (C=O) groups is 1. The van der Waals surface area contributed by atoms with E-state index in [4.69, 9.17) is 0 Å². The topological polar surface area (TPSA) is 64.0 Å². The van der Waals surface area contributed by atoms with Crippen LogP contribution < -0.4 is 10.9 Å². The van der Waals surface area contributed by atoms with Gasteiger partial charge in [-0.15, -0.1) is 0 Å². The number of hydrogen-bond donors (Lipinski definition) is 1. The number of anilines is 1. The van der Waals surface area contributed by atoms with Crippen molar-refractivity contribution >= 4 is 22.8 Å². The molecule has 0 fully saturated rings. The molecule has 5 nitrogen and oxygen atoms in total. The number of rotatable bonds is 0. The van der Waals surface area contributed by atoms with E-state index < -0.39 is 0 Å². The summed E-state index contributed by atoms with van der Waals surface area (Å²) < 4.78 is 1.55. The van der Waals surface area contributed by atoms with Crippen LogP contribution in [-0.2, 0) is 4.79 Å². The normalized spacial score (nSPS) is 18.9. The minimum absolute atomic E-state index is 0.0975. The van der Waals surface area contributed by atoms with Crippen molar-refractivity contribution in [3.05, 3.63) is 34.6 Å². The maximum absolute atomic E-state index is 12.3. The molecule has 1 amide bonds. The summed E-state index contributed by atoms with van der Waals surface area (Å²) in [7, 11) is 0. The van der Waals surface area contributed by atoms with E-state index >= 15 is 0 Å². The molecule has 0 saturated carbocycles. The van der Waals surface area contributed by atoms with Crippen LogP contribution in [0.1, 0.15) is 19.4 Å². The Balaban J connectivity index is 2.39. The molecule has 1 unspecified atom stereocenters. The zero-order chi connectivity index (χ0) is 12.0. The number of fused-ring (bicyclic) bond motifs is 2. The number of amides is 1. The standard InChI is InChI=1S/C12H11N3O2/c1-7-6-10(16)14-12-13-9-5-3-2-4-8(9)11(17)15(7)12/h2-5,7H,6H2,1H3,(H,13,14,16). The van der Waals surface area contributed by atoms with Crippen LogP contribution >= 0.6 is 0 Å². The molecule has 86 valence electrons. The lowest BCUT2D eigenvalue weighted by Crippen LogP contribution is -2.35. The molecule has 1 aliphatic rings. The summed E-state index contributed by atoms with van der Waals surface area (Å²) in [5.74, 6) is 0.247. The maximum Gasteiger partial charge on any atom is 0.263 e. The molecule has 0 radical (unpaired) electrons. The molecule has 2 aromatic rings. The van der Waals surface area contributed by atoms with E-state index in [1.165, 1.54) is 0 Å². The maximum atomic E-state index is 12.3. The Bertz CT molecular complexity index is 675. The van der Waals surface area contributed by atoms with Gasteiger partial charge in [0.25, 0.3) is 5.56 Å². The molecule has 3 rings (SSSR count). The fourth-order valence-electron chi connectivity index (χ4n) is 2.18. The van der Waals surface area contributed by atoms with Crippen molar-refractivity contribution in [2.45, 2.75) is 19.4 Å². The Morgan fingerprint density at radius 3 is 2.94 bits per heavy atom. The Labute approximate surface area is 97.1 Å². The largest absolute Gasteiger partial charge is 0.296 e. The second-order valence-corrected chi connectivity index (χ2v) is 4.23. The number of aromatic nitrogens is 2. The molecule has 1 atom stereocenters. The lowest BCUT2D eigenvalue weighted by Gasteiger charge is -2.24. The monoisotopic (exact) mass is 229 g/mol. The molecule has 1 aromatic carbocycles. The van der Waals surface area contributed by atoms with Gasteiger partial charge in [0, 0.05) is 12.5 Å². The van der Waals surface area contributed by atoms with Crippen molar-refractivity contribution in [2.24, 2.45) is 0 Å². The molecule has 0 saturated heterocycles. The highest BCUT2D eigenvalue weighted by Gasteiger charge is 2.24. The van der Waals surface area contributed by atoms with Gasteiger partial charge in [0.15, 0.2) is 0 Å². The van der Waals surface area contributed by atoms with Gasteiger partial charge in [0.1, 0.15) is 0 Å². The smallest absolute Gasteiger partial charge is 0.263 e. The van der Waals surface area contributed by atoms with Gasteiger partial charge in [-0.3, -0.25) is 19.5 Å². The molecular formula is C12H11N3O2. The number of hydrogen-bond acceptors (Lipinski definition) is 3. The van der Waals surface area contributed by atoms with E-state index in [1.54, 1.807) is 16.7 Å². The second-order valence-electron chi connectivity index (χ2n) is 4.23. The van der Waals surface area contributed by atoms with Gasteiger partial charge in [0.2, 0.25) is 11.9 Å². The number of nitrogens with zero attached hydrogens (tertiary/aromatic N) is 2. The quantitative estimate of drug-likeness (QED) is 0.740. The van der Waals surface area contributed by atoms with Gasteiger partial charge in [-0.25, -0.2) is 4.98 Å². The molecule has 0 aliphatic carbocycles. The van der Waals surface area contributed by atoms with Gasteiger partial charge in [-0.1, -0.05) is 12.1 Å². The van der Waals surface area contributed by atoms with Crippen molar-refractivity contribution < 1.29 is 4.79 Å². The fourth-order valence-corrected chi connectivity index (χ4v) is 2.18. The summed E-state index contributed by atoms with van der Waals surface area (Å²) in [4.78, 5) is 28.0. The summed E-state index contributed by atoms with van der Waals surface area (Å²) in [5.41, 5.74) is 0.510. The number of para-hydroxylation sites is 1. The van der Waals surface area contributed by atoms with E-state index in [9.17, 15) is 9.59 Å². The van der Waals surface area contributed by atoms with Crippen LogP contribution in [0.3, 0.4) is 0 Å². The lowest BCUT2D eigenvalue weighted by atomic mass is 10.1. The van der Waals surface area contributed by atoms with Crippen LogP contribution in [0.15, 0.2) is 29.1 Å². The summed E-state index contributed by atoms with van der Waals surface area (Å²) >= 11 is 0. The molecule has 2 heterocycles. The summed E-state index contributed by atoms with van der Waals surface area (Å²) in [5, 5.41) is 3.22. The lowest BCUT2D eigenvalue weighted by molar-refractivity contribution is -0.117. The van der Waals surface area contributed by atoms with Crippen molar-refractivity contribution in [3.63, 3.8) is 0 Å². The predicted molar refractivity (Wildman–Crippen MR) is 64.0 cm³/mol. The van der Waals surface area contributed by atoms with E-state index in [2.05, 4.69) is 10.3 Å². The third kappa shape index (κ3) is 1.43. The van der Waals surface area contributed by atoms with E-state index in [1.807, 2.05) is 19.1 Å². The fraction of sp³-hybridized carbons (Fsp3) is 0.250. The first-order valence-corrected chi connectivity index (χ1v) is 5.48. The first kappa shape index (κ1) is 10.0. The van der Waals surface area contributed by atoms with Crippen LogP contribution in [-0.4, -0.2) is 15.5 Å². The molecule has 5 heteroatoms. The predicted octanol–water partition coefficient (Wildman–Crippen LogP) is 1.30. The molecule has 0 bridgehead atoms. The van der Waals surface area contributed by atoms with Gasteiger partial charge in [-0.2, -0.15) is 0 Å². The van der Waals surface area contributed by atoms with Crippen LogP contribution in [0.5, 0.6) is 0 Å². The number of carbonyl (C=O) groups excluding carboxylic acids is 1. The van der Waals surface area contributed by atoms with E-state index in [0.717, 1.165) is 0 Å². The van der Waals surface area contributed by atoms with Crippen LogP contribution in [0.4, 0.5) is 5.95 Å². The highest BCUT2D eigenvalue weighted by atomic mass is 16.2. The average molecular weight is 229 g/mol. The second kappa shape index (κ2) is 3.41. The molecule has 1 aliphatic heterocycles. The number of nitrogens with one attached hydrogen (secondary N) is 1. The van der Waals surface area contributed by atoms with Crippen molar-refractivity contribution in [1.29, 1.82) is 0 Å². The minimum Gasteiger partial charge on any atom is -0.296 e. The average Bonchev–Trinajstić information content (AvgIpc) is 2.28. The Morgan fingerprint density at radius 2 is 2.12 bits per heavy atom. The summed E-state index contributed by atoms with van der Waals surface area (Å²) in [6, 6.07) is 7.00. The molecule has 1 N–H and O–H groups in total. The van der Waals surface area contributed by atoms with Crippen LogP contribution in [0.2, 0.25) is 0 Å². The van der Waals surface area contributed by atoms with E-state index in [0.29, 0.717) is 23.3 Å². The minimum atomic E-state index is -0.150. The van der Waals surface area contributed by atoms with Gasteiger partial charge >= 0.3 is 0 Å². The summed E-state index contributed by atoms with van der Waals surface area (Å²) in [6.07, 6.45) is 0.312. The highest BCUT2D eigenvalue weighted by molar-refractivity contribution is 5.92. The Kier molecular flexibility index (Phi) is 2.01.